The summed E-state index contributed by atoms with van der Waals surface area (Å²) in [6.45, 7) is -0.532. The molecule has 1 amide bonds. The molecular formula is C11H10FNO2S. The quantitative estimate of drug-likeness (QED) is 0.756. The number of rotatable bonds is 3. The highest BCUT2D eigenvalue weighted by molar-refractivity contribution is 8.00. The van der Waals surface area contributed by atoms with Gasteiger partial charge in [0, 0.05) is 10.5 Å². The first-order valence-corrected chi connectivity index (χ1v) is 5.83. The van der Waals surface area contributed by atoms with E-state index in [1.807, 2.05) is 0 Å². The van der Waals surface area contributed by atoms with E-state index in [4.69, 9.17) is 0 Å². The molecule has 1 aromatic rings. The van der Waals surface area contributed by atoms with Gasteiger partial charge in [-0.05, 0) is 12.1 Å². The average Bonchev–Trinajstić information content (AvgIpc) is 2.32. The molecule has 84 valence electrons. The van der Waals surface area contributed by atoms with Crippen LogP contribution in [-0.2, 0) is 4.79 Å². The van der Waals surface area contributed by atoms with Gasteiger partial charge in [0.15, 0.2) is 0 Å². The predicted molar refractivity (Wildman–Crippen MR) is 60.9 cm³/mol. The van der Waals surface area contributed by atoms with E-state index in [1.165, 1.54) is 16.7 Å². The van der Waals surface area contributed by atoms with Gasteiger partial charge in [0.2, 0.25) is 5.91 Å². The monoisotopic (exact) mass is 239 g/mol. The van der Waals surface area contributed by atoms with Crippen LogP contribution in [0.4, 0.5) is 10.1 Å². The number of carbonyl (C=O) groups is 2. The Bertz CT molecular complexity index is 436. The van der Waals surface area contributed by atoms with Crippen LogP contribution in [0.15, 0.2) is 23.1 Å². The van der Waals surface area contributed by atoms with Gasteiger partial charge in [-0.25, -0.2) is 4.39 Å². The molecule has 2 rings (SSSR count). The van der Waals surface area contributed by atoms with Crippen LogP contribution in [0.5, 0.6) is 0 Å². The number of nitrogens with zero attached hydrogens (tertiary/aromatic N) is 1. The molecule has 0 saturated heterocycles. The van der Waals surface area contributed by atoms with Crippen LogP contribution < -0.4 is 4.90 Å². The number of hydrogen-bond donors (Lipinski definition) is 0. The lowest BCUT2D eigenvalue weighted by molar-refractivity contribution is -0.116. The number of alkyl halides is 1. The third-order valence-electron chi connectivity index (χ3n) is 2.37. The predicted octanol–water partition coefficient (Wildman–Crippen LogP) is 1.91. The Kier molecular flexibility index (Phi) is 3.24. The molecule has 0 aliphatic carbocycles. The van der Waals surface area contributed by atoms with Gasteiger partial charge in [-0.1, -0.05) is 6.07 Å². The number of carbonyl (C=O) groups excluding carboxylic acids is 2. The highest BCUT2D eigenvalue weighted by atomic mass is 32.2. The molecule has 0 N–H and O–H groups in total. The third-order valence-corrected chi connectivity index (χ3v) is 3.42. The van der Waals surface area contributed by atoms with Crippen LogP contribution in [0.25, 0.3) is 0 Å². The van der Waals surface area contributed by atoms with Crippen molar-refractivity contribution in [1.82, 2.24) is 0 Å². The number of fused-ring (bicyclic) bond motifs is 1. The van der Waals surface area contributed by atoms with Gasteiger partial charge in [-0.3, -0.25) is 9.59 Å². The van der Waals surface area contributed by atoms with Gasteiger partial charge in [0.25, 0.3) is 0 Å². The van der Waals surface area contributed by atoms with E-state index in [9.17, 15) is 14.0 Å². The Labute approximate surface area is 96.6 Å². The number of thioether (sulfide) groups is 1. The molecule has 0 aromatic heterocycles. The van der Waals surface area contributed by atoms with Gasteiger partial charge in [-0.2, -0.15) is 0 Å². The Morgan fingerprint density at radius 1 is 1.50 bits per heavy atom. The molecule has 0 saturated carbocycles. The molecule has 1 heterocycles. The Morgan fingerprint density at radius 2 is 2.31 bits per heavy atom. The second-order valence-electron chi connectivity index (χ2n) is 3.37. The van der Waals surface area contributed by atoms with Crippen molar-refractivity contribution in [1.29, 1.82) is 0 Å². The summed E-state index contributed by atoms with van der Waals surface area (Å²) in [7, 11) is 0. The summed E-state index contributed by atoms with van der Waals surface area (Å²) in [5.74, 6) is 0.214. The van der Waals surface area contributed by atoms with Crippen molar-refractivity contribution in [2.24, 2.45) is 0 Å². The SMILES string of the molecule is O=Cc1ccc2c(c1)N(CCF)C(=O)CS2. The Balaban J connectivity index is 2.43. The largest absolute Gasteiger partial charge is 0.308 e. The highest BCUT2D eigenvalue weighted by Crippen LogP contribution is 2.35. The molecule has 1 aromatic carbocycles. The topological polar surface area (TPSA) is 37.4 Å². The number of benzene rings is 1. The van der Waals surface area contributed by atoms with Crippen molar-refractivity contribution in [2.45, 2.75) is 4.90 Å². The van der Waals surface area contributed by atoms with Gasteiger partial charge in [0.05, 0.1) is 18.0 Å². The fraction of sp³-hybridized carbons (Fsp3) is 0.273. The zero-order valence-corrected chi connectivity index (χ0v) is 9.30. The molecule has 0 fully saturated rings. The smallest absolute Gasteiger partial charge is 0.237 e. The maximum absolute atomic E-state index is 12.4. The van der Waals surface area contributed by atoms with Crippen LogP contribution in [-0.4, -0.2) is 31.2 Å². The second kappa shape index (κ2) is 4.65. The molecule has 5 heteroatoms. The first-order valence-electron chi connectivity index (χ1n) is 4.84. The highest BCUT2D eigenvalue weighted by Gasteiger charge is 2.24. The Hall–Kier alpha value is -1.36. The lowest BCUT2D eigenvalue weighted by Crippen LogP contribution is -2.37. The summed E-state index contributed by atoms with van der Waals surface area (Å²) in [6.07, 6.45) is 0.720. The average molecular weight is 239 g/mol. The molecule has 0 radical (unpaired) electrons. The minimum absolute atomic E-state index is 0.0503. The van der Waals surface area contributed by atoms with E-state index >= 15 is 0 Å². The summed E-state index contributed by atoms with van der Waals surface area (Å²) >= 11 is 1.42. The van der Waals surface area contributed by atoms with Crippen LogP contribution in [0, 0.1) is 0 Å². The number of hydrogen-bond acceptors (Lipinski definition) is 3. The van der Waals surface area contributed by atoms with Crippen LogP contribution in [0.1, 0.15) is 10.4 Å². The lowest BCUT2D eigenvalue weighted by atomic mass is 10.2. The lowest BCUT2D eigenvalue weighted by Gasteiger charge is -2.28. The number of aldehydes is 1. The van der Waals surface area contributed by atoms with E-state index in [0.717, 1.165) is 11.2 Å². The van der Waals surface area contributed by atoms with Gasteiger partial charge >= 0.3 is 0 Å². The fourth-order valence-corrected chi connectivity index (χ4v) is 2.54. The first-order chi connectivity index (χ1) is 7.76. The van der Waals surface area contributed by atoms with Crippen molar-refractivity contribution in [3.63, 3.8) is 0 Å². The molecule has 1 aliphatic rings. The maximum atomic E-state index is 12.4. The molecule has 1 aliphatic heterocycles. The minimum Gasteiger partial charge on any atom is -0.308 e. The van der Waals surface area contributed by atoms with Crippen LogP contribution >= 0.6 is 11.8 Å². The van der Waals surface area contributed by atoms with E-state index < -0.39 is 6.67 Å². The zero-order valence-electron chi connectivity index (χ0n) is 8.48. The van der Waals surface area contributed by atoms with Gasteiger partial charge in [0.1, 0.15) is 13.0 Å². The van der Waals surface area contributed by atoms with Gasteiger partial charge in [-0.15, -0.1) is 11.8 Å². The molecule has 3 nitrogen and oxygen atoms in total. The van der Waals surface area contributed by atoms with Gasteiger partial charge < -0.3 is 4.90 Å². The summed E-state index contributed by atoms with van der Waals surface area (Å²) in [4.78, 5) is 24.6. The molecule has 16 heavy (non-hydrogen) atoms. The van der Waals surface area contributed by atoms with Crippen LogP contribution in [0.2, 0.25) is 0 Å². The molecular weight excluding hydrogens is 229 g/mol. The van der Waals surface area contributed by atoms with E-state index in [0.29, 0.717) is 17.0 Å². The van der Waals surface area contributed by atoms with Crippen molar-refractivity contribution < 1.29 is 14.0 Å². The standard InChI is InChI=1S/C11H10FNO2S/c12-3-4-13-9-5-8(6-14)1-2-10(9)16-7-11(13)15/h1-2,5-6H,3-4,7H2. The Morgan fingerprint density at radius 3 is 3.00 bits per heavy atom. The van der Waals surface area contributed by atoms with Crippen molar-refractivity contribution in [3.05, 3.63) is 23.8 Å². The molecule has 0 spiro atoms. The minimum atomic E-state index is -0.582. The van der Waals surface area contributed by atoms with E-state index in [1.54, 1.807) is 18.2 Å². The number of amides is 1. The zero-order chi connectivity index (χ0) is 11.5. The maximum Gasteiger partial charge on any atom is 0.237 e. The molecule has 0 unspecified atom stereocenters. The van der Waals surface area contributed by atoms with E-state index in [2.05, 4.69) is 0 Å². The van der Waals surface area contributed by atoms with Crippen molar-refractivity contribution >= 4 is 29.6 Å². The van der Waals surface area contributed by atoms with E-state index in [-0.39, 0.29) is 12.5 Å². The third kappa shape index (κ3) is 1.95. The summed E-state index contributed by atoms with van der Waals surface area (Å²) in [5, 5.41) is 0. The fourth-order valence-electron chi connectivity index (χ4n) is 1.62. The second-order valence-corrected chi connectivity index (χ2v) is 4.39. The summed E-state index contributed by atoms with van der Waals surface area (Å²) in [5.41, 5.74) is 1.14. The number of anilines is 1. The summed E-state index contributed by atoms with van der Waals surface area (Å²) < 4.78 is 12.4. The molecule has 0 bridgehead atoms. The molecule has 0 atom stereocenters. The first kappa shape index (κ1) is 11.1. The normalized spacial score (nSPS) is 14.8. The van der Waals surface area contributed by atoms with Crippen molar-refractivity contribution in [2.75, 3.05) is 23.9 Å². The number of halogens is 1. The van der Waals surface area contributed by atoms with Crippen LogP contribution in [0.3, 0.4) is 0 Å². The summed E-state index contributed by atoms with van der Waals surface area (Å²) in [6, 6.07) is 5.12. The van der Waals surface area contributed by atoms with Crippen molar-refractivity contribution in [3.8, 4) is 0 Å².